The zero-order chi connectivity index (χ0) is 17.3. The van der Waals surface area contributed by atoms with Crippen molar-refractivity contribution >= 4 is 5.91 Å². The molecule has 2 atom stereocenters. The summed E-state index contributed by atoms with van der Waals surface area (Å²) in [5.74, 6) is 1.62. The van der Waals surface area contributed by atoms with Crippen molar-refractivity contribution < 1.29 is 4.79 Å². The molecule has 2 aliphatic heterocycles. The van der Waals surface area contributed by atoms with Crippen LogP contribution in [0.5, 0.6) is 0 Å². The highest BCUT2D eigenvalue weighted by molar-refractivity contribution is 5.84. The van der Waals surface area contributed by atoms with Crippen LogP contribution in [0.25, 0.3) is 0 Å². The Bertz CT molecular complexity index is 610. The average Bonchev–Trinajstić information content (AvgIpc) is 3.36. The van der Waals surface area contributed by atoms with Gasteiger partial charge in [-0.3, -0.25) is 9.69 Å². The van der Waals surface area contributed by atoms with Gasteiger partial charge in [0.15, 0.2) is 0 Å². The Labute approximate surface area is 149 Å². The second-order valence-corrected chi connectivity index (χ2v) is 7.89. The molecule has 4 rings (SSSR count). The Morgan fingerprint density at radius 1 is 1.44 bits per heavy atom. The quantitative estimate of drug-likeness (QED) is 0.781. The molecule has 0 bridgehead atoms. The number of hydrogen-bond acceptors (Lipinski definition) is 5. The van der Waals surface area contributed by atoms with Gasteiger partial charge in [-0.2, -0.15) is 0 Å². The van der Waals surface area contributed by atoms with Crippen molar-refractivity contribution in [1.29, 1.82) is 0 Å². The summed E-state index contributed by atoms with van der Waals surface area (Å²) in [6.45, 7) is 7.37. The second-order valence-electron chi connectivity index (χ2n) is 7.89. The van der Waals surface area contributed by atoms with Gasteiger partial charge in [0.05, 0.1) is 5.41 Å². The van der Waals surface area contributed by atoms with Gasteiger partial charge in [-0.05, 0) is 19.8 Å². The molecule has 2 N–H and O–H groups in total. The van der Waals surface area contributed by atoms with Crippen LogP contribution < -0.4 is 10.6 Å². The molecule has 138 valence electrons. The molecule has 3 aliphatic rings. The maximum atomic E-state index is 13.1. The lowest BCUT2D eigenvalue weighted by atomic mass is 9.80. The number of aryl methyl sites for hydroxylation is 1. The molecule has 3 fully saturated rings. The summed E-state index contributed by atoms with van der Waals surface area (Å²) in [5.41, 5.74) is -0.235. The van der Waals surface area contributed by atoms with Gasteiger partial charge in [0.2, 0.25) is 5.91 Å². The van der Waals surface area contributed by atoms with E-state index >= 15 is 0 Å². The van der Waals surface area contributed by atoms with E-state index in [0.29, 0.717) is 18.5 Å². The van der Waals surface area contributed by atoms with Crippen LogP contribution in [-0.4, -0.2) is 64.3 Å². The highest BCUT2D eigenvalue weighted by atomic mass is 16.2. The smallest absolute Gasteiger partial charge is 0.229 e. The molecular weight excluding hydrogens is 316 g/mol. The molecular formula is C18H30N6O. The number of carbonyl (C=O) groups excluding carboxylic acids is 1. The van der Waals surface area contributed by atoms with Crippen LogP contribution in [0.15, 0.2) is 6.33 Å². The second kappa shape index (κ2) is 7.03. The number of hydrogen-bond donors (Lipinski definition) is 2. The van der Waals surface area contributed by atoms with E-state index < -0.39 is 0 Å². The van der Waals surface area contributed by atoms with Gasteiger partial charge >= 0.3 is 0 Å². The van der Waals surface area contributed by atoms with Gasteiger partial charge < -0.3 is 15.2 Å². The zero-order valence-electron chi connectivity index (χ0n) is 15.2. The van der Waals surface area contributed by atoms with Gasteiger partial charge in [0.1, 0.15) is 12.2 Å². The third-order valence-corrected chi connectivity index (χ3v) is 6.52. The molecule has 1 aromatic heterocycles. The van der Waals surface area contributed by atoms with Crippen molar-refractivity contribution in [3.05, 3.63) is 12.2 Å². The maximum Gasteiger partial charge on any atom is 0.229 e. The van der Waals surface area contributed by atoms with Crippen molar-refractivity contribution in [3.8, 4) is 0 Å². The van der Waals surface area contributed by atoms with E-state index in [9.17, 15) is 4.79 Å². The molecule has 0 radical (unpaired) electrons. The molecule has 1 amide bonds. The number of likely N-dealkylation sites (tertiary alicyclic amines) is 1. The molecule has 7 heteroatoms. The fraction of sp³-hybridized carbons (Fsp3) is 0.833. The fourth-order valence-electron chi connectivity index (χ4n) is 5.03. The van der Waals surface area contributed by atoms with Gasteiger partial charge in [-0.25, -0.2) is 0 Å². The van der Waals surface area contributed by atoms with Crippen molar-refractivity contribution in [3.63, 3.8) is 0 Å². The fourth-order valence-corrected chi connectivity index (χ4v) is 5.03. The molecule has 7 nitrogen and oxygen atoms in total. The molecule has 0 aromatic carbocycles. The summed E-state index contributed by atoms with van der Waals surface area (Å²) >= 11 is 0. The van der Waals surface area contributed by atoms with Gasteiger partial charge in [0.25, 0.3) is 0 Å². The first-order valence-electron chi connectivity index (χ1n) is 9.82. The van der Waals surface area contributed by atoms with E-state index in [1.165, 1.54) is 25.7 Å². The number of fused-ring (bicyclic) bond motifs is 1. The summed E-state index contributed by atoms with van der Waals surface area (Å²) in [4.78, 5) is 15.7. The van der Waals surface area contributed by atoms with Crippen LogP contribution in [0.3, 0.4) is 0 Å². The molecule has 3 heterocycles. The summed E-state index contributed by atoms with van der Waals surface area (Å²) in [6, 6.07) is 0.707. The Morgan fingerprint density at radius 3 is 3.08 bits per heavy atom. The maximum absolute atomic E-state index is 13.1. The van der Waals surface area contributed by atoms with Crippen molar-refractivity contribution in [2.45, 2.75) is 51.6 Å². The normalized spacial score (nSPS) is 30.0. The monoisotopic (exact) mass is 346 g/mol. The third-order valence-electron chi connectivity index (χ3n) is 6.52. The average molecular weight is 346 g/mol. The highest BCUT2D eigenvalue weighted by Crippen LogP contribution is 2.42. The van der Waals surface area contributed by atoms with Crippen LogP contribution in [0, 0.1) is 11.3 Å². The van der Waals surface area contributed by atoms with E-state index in [0.717, 1.165) is 45.0 Å². The summed E-state index contributed by atoms with van der Waals surface area (Å²) in [6.07, 6.45) is 7.81. The minimum atomic E-state index is -0.235. The Balaban J connectivity index is 1.36. The Kier molecular flexibility index (Phi) is 4.78. The summed E-state index contributed by atoms with van der Waals surface area (Å²) in [7, 11) is 0. The van der Waals surface area contributed by atoms with Crippen LogP contribution in [0.2, 0.25) is 0 Å². The molecule has 0 unspecified atom stereocenters. The largest absolute Gasteiger partial charge is 0.355 e. The number of amides is 1. The predicted octanol–water partition coefficient (Wildman–Crippen LogP) is 0.421. The molecule has 0 spiro atoms. The number of nitrogens with zero attached hydrogens (tertiary/aromatic N) is 4. The number of rotatable bonds is 6. The van der Waals surface area contributed by atoms with E-state index in [2.05, 4.69) is 32.7 Å². The first-order valence-corrected chi connectivity index (χ1v) is 9.82. The Hall–Kier alpha value is -1.47. The highest BCUT2D eigenvalue weighted by Gasteiger charge is 2.55. The van der Waals surface area contributed by atoms with Crippen molar-refractivity contribution in [2.75, 3.05) is 32.7 Å². The van der Waals surface area contributed by atoms with Crippen LogP contribution in [0.1, 0.15) is 38.4 Å². The van der Waals surface area contributed by atoms with Crippen molar-refractivity contribution in [2.24, 2.45) is 11.3 Å². The van der Waals surface area contributed by atoms with Crippen LogP contribution in [-0.2, 0) is 17.8 Å². The molecule has 25 heavy (non-hydrogen) atoms. The summed E-state index contributed by atoms with van der Waals surface area (Å²) < 4.78 is 2.03. The van der Waals surface area contributed by atoms with Gasteiger partial charge in [-0.15, -0.1) is 10.2 Å². The number of carbonyl (C=O) groups is 1. The first-order chi connectivity index (χ1) is 12.2. The number of nitrogens with one attached hydrogen (secondary N) is 2. The lowest BCUT2D eigenvalue weighted by molar-refractivity contribution is -0.130. The molecule has 1 aliphatic carbocycles. The SMILES string of the molecule is CCn1cnnc1CCNC(=O)[C@]12CNC[C@H]1CN(C1CCCC1)C2. The van der Waals surface area contributed by atoms with Crippen LogP contribution in [0.4, 0.5) is 0 Å². The molecule has 1 saturated carbocycles. The lowest BCUT2D eigenvalue weighted by Crippen LogP contribution is -2.48. The van der Waals surface area contributed by atoms with E-state index in [1.54, 1.807) is 6.33 Å². The summed E-state index contributed by atoms with van der Waals surface area (Å²) in [5, 5.41) is 14.8. The van der Waals surface area contributed by atoms with E-state index in [1.807, 2.05) is 4.57 Å². The predicted molar refractivity (Wildman–Crippen MR) is 95.0 cm³/mol. The van der Waals surface area contributed by atoms with Gasteiger partial charge in [-0.1, -0.05) is 12.8 Å². The van der Waals surface area contributed by atoms with Crippen molar-refractivity contribution in [1.82, 2.24) is 30.3 Å². The topological polar surface area (TPSA) is 75.1 Å². The van der Waals surface area contributed by atoms with E-state index in [-0.39, 0.29) is 11.3 Å². The lowest BCUT2D eigenvalue weighted by Gasteiger charge is -2.29. The third kappa shape index (κ3) is 3.08. The molecule has 1 aromatic rings. The minimum absolute atomic E-state index is 0.227. The minimum Gasteiger partial charge on any atom is -0.355 e. The zero-order valence-corrected chi connectivity index (χ0v) is 15.2. The Morgan fingerprint density at radius 2 is 2.28 bits per heavy atom. The standard InChI is InChI=1S/C18H30N6O/c1-2-23-13-21-22-16(23)7-8-20-17(25)18-11-19-9-14(18)10-24(12-18)15-5-3-4-6-15/h13-15,19H,2-12H2,1H3,(H,20,25)/t14-,18-/m0/s1. The van der Waals surface area contributed by atoms with Gasteiger partial charge in [0, 0.05) is 57.6 Å². The number of aromatic nitrogens is 3. The van der Waals surface area contributed by atoms with Crippen LogP contribution >= 0.6 is 0 Å². The van der Waals surface area contributed by atoms with E-state index in [4.69, 9.17) is 0 Å². The first kappa shape index (κ1) is 17.0. The molecule has 2 saturated heterocycles.